The Kier molecular flexibility index (Phi) is 6.05. The molecule has 0 bridgehead atoms. The van der Waals surface area contributed by atoms with Crippen molar-refractivity contribution < 1.29 is 14.3 Å². The predicted molar refractivity (Wildman–Crippen MR) is 88.3 cm³/mol. The van der Waals surface area contributed by atoms with E-state index in [9.17, 15) is 4.79 Å². The molecule has 3 heteroatoms. The Balaban J connectivity index is 1.94. The van der Waals surface area contributed by atoms with Crippen LogP contribution in [0.1, 0.15) is 51.5 Å². The van der Waals surface area contributed by atoms with Gasteiger partial charge in [-0.3, -0.25) is 0 Å². The van der Waals surface area contributed by atoms with E-state index in [0.717, 1.165) is 24.3 Å². The summed E-state index contributed by atoms with van der Waals surface area (Å²) in [4.78, 5) is 11.6. The molecule has 3 nitrogen and oxygen atoms in total. The number of ether oxygens (including phenoxy) is 2. The molecule has 0 amide bonds. The molecule has 1 aromatic carbocycles. The maximum Gasteiger partial charge on any atom is 0.338 e. The Labute approximate surface area is 133 Å². The zero-order valence-electron chi connectivity index (χ0n) is 13.7. The third kappa shape index (κ3) is 4.62. The summed E-state index contributed by atoms with van der Waals surface area (Å²) < 4.78 is 11.1. The summed E-state index contributed by atoms with van der Waals surface area (Å²) in [7, 11) is 0. The van der Waals surface area contributed by atoms with Gasteiger partial charge in [-0.15, -0.1) is 0 Å². The number of unbranched alkanes of at least 4 members (excludes halogenated alkanes) is 3. The Morgan fingerprint density at radius 1 is 1.36 bits per heavy atom. The lowest BCUT2D eigenvalue weighted by molar-refractivity contribution is -0.130. The minimum absolute atomic E-state index is 0.382. The van der Waals surface area contributed by atoms with Crippen LogP contribution >= 0.6 is 0 Å². The van der Waals surface area contributed by atoms with Crippen molar-refractivity contribution in [2.24, 2.45) is 5.92 Å². The number of carbonyl (C=O) groups excluding carboxylic acids is 1. The van der Waals surface area contributed by atoms with Crippen LogP contribution in [0.25, 0.3) is 0 Å². The average Bonchev–Trinajstić information content (AvgIpc) is 2.51. The third-order valence-corrected chi connectivity index (χ3v) is 4.04. The van der Waals surface area contributed by atoms with E-state index in [4.69, 9.17) is 9.47 Å². The lowest BCUT2D eigenvalue weighted by atomic mass is 9.92. The SMILES string of the molecule is C=C(C)C(=O)Oc1ccc2c(c1)CC(CCCCCC)CO2. The van der Waals surface area contributed by atoms with Gasteiger partial charge in [0, 0.05) is 5.57 Å². The van der Waals surface area contributed by atoms with Gasteiger partial charge in [0.1, 0.15) is 11.5 Å². The van der Waals surface area contributed by atoms with E-state index in [2.05, 4.69) is 13.5 Å². The molecule has 1 atom stereocenters. The van der Waals surface area contributed by atoms with Gasteiger partial charge in [-0.2, -0.15) is 0 Å². The van der Waals surface area contributed by atoms with E-state index in [0.29, 0.717) is 17.2 Å². The minimum atomic E-state index is -0.382. The zero-order valence-corrected chi connectivity index (χ0v) is 13.7. The molecule has 2 rings (SSSR count). The van der Waals surface area contributed by atoms with Gasteiger partial charge in [-0.25, -0.2) is 4.79 Å². The Morgan fingerprint density at radius 3 is 2.91 bits per heavy atom. The largest absolute Gasteiger partial charge is 0.493 e. The van der Waals surface area contributed by atoms with Gasteiger partial charge in [-0.1, -0.05) is 39.2 Å². The van der Waals surface area contributed by atoms with Crippen LogP contribution in [0.2, 0.25) is 0 Å². The lowest BCUT2D eigenvalue weighted by Crippen LogP contribution is -2.21. The van der Waals surface area contributed by atoms with Crippen molar-refractivity contribution in [3.8, 4) is 11.5 Å². The maximum absolute atomic E-state index is 11.6. The van der Waals surface area contributed by atoms with Crippen molar-refractivity contribution in [1.29, 1.82) is 0 Å². The van der Waals surface area contributed by atoms with Gasteiger partial charge in [-0.05, 0) is 49.4 Å². The molecule has 0 fully saturated rings. The number of hydrogen-bond acceptors (Lipinski definition) is 3. The van der Waals surface area contributed by atoms with Crippen LogP contribution in [0, 0.1) is 5.92 Å². The fraction of sp³-hybridized carbons (Fsp3) is 0.526. The highest BCUT2D eigenvalue weighted by Crippen LogP contribution is 2.32. The summed E-state index contributed by atoms with van der Waals surface area (Å²) in [5, 5.41) is 0. The molecule has 120 valence electrons. The van der Waals surface area contributed by atoms with Crippen LogP contribution in [-0.2, 0) is 11.2 Å². The molecule has 0 spiro atoms. The molecule has 0 aromatic heterocycles. The van der Waals surface area contributed by atoms with Crippen molar-refractivity contribution >= 4 is 5.97 Å². The standard InChI is InChI=1S/C19H26O3/c1-4-5-6-7-8-15-11-16-12-17(22-19(20)14(2)3)9-10-18(16)21-13-15/h9-10,12,15H,2,4-8,11,13H2,1,3H3. The molecule has 0 saturated heterocycles. The molecule has 22 heavy (non-hydrogen) atoms. The van der Waals surface area contributed by atoms with Crippen LogP contribution in [0.15, 0.2) is 30.4 Å². The summed E-state index contributed by atoms with van der Waals surface area (Å²) >= 11 is 0. The highest BCUT2D eigenvalue weighted by molar-refractivity contribution is 5.88. The topological polar surface area (TPSA) is 35.5 Å². The molecule has 1 aromatic rings. The predicted octanol–water partition coefficient (Wildman–Crippen LogP) is 4.69. The minimum Gasteiger partial charge on any atom is -0.493 e. The van der Waals surface area contributed by atoms with Gasteiger partial charge >= 0.3 is 5.97 Å². The molecular formula is C19H26O3. The van der Waals surface area contributed by atoms with E-state index in [1.165, 1.54) is 32.1 Å². The molecule has 1 unspecified atom stereocenters. The fourth-order valence-electron chi connectivity index (χ4n) is 2.74. The van der Waals surface area contributed by atoms with Crippen LogP contribution in [0.3, 0.4) is 0 Å². The lowest BCUT2D eigenvalue weighted by Gasteiger charge is -2.25. The van der Waals surface area contributed by atoms with Crippen molar-refractivity contribution in [2.75, 3.05) is 6.61 Å². The van der Waals surface area contributed by atoms with Gasteiger partial charge < -0.3 is 9.47 Å². The van der Waals surface area contributed by atoms with Gasteiger partial charge in [0.2, 0.25) is 0 Å². The highest BCUT2D eigenvalue weighted by atomic mass is 16.5. The summed E-state index contributed by atoms with van der Waals surface area (Å²) in [5.41, 5.74) is 1.54. The Hall–Kier alpha value is -1.77. The quantitative estimate of drug-likeness (QED) is 0.317. The van der Waals surface area contributed by atoms with E-state index in [1.54, 1.807) is 13.0 Å². The van der Waals surface area contributed by atoms with E-state index < -0.39 is 0 Å². The second kappa shape index (κ2) is 8.02. The first-order chi connectivity index (χ1) is 10.6. The molecule has 1 heterocycles. The van der Waals surface area contributed by atoms with Gasteiger partial charge in [0.15, 0.2) is 0 Å². The second-order valence-corrected chi connectivity index (χ2v) is 6.17. The molecule has 0 N–H and O–H groups in total. The number of hydrogen-bond donors (Lipinski definition) is 0. The van der Waals surface area contributed by atoms with E-state index >= 15 is 0 Å². The number of rotatable bonds is 7. The Bertz CT molecular complexity index is 533. The van der Waals surface area contributed by atoms with Crippen molar-refractivity contribution in [3.63, 3.8) is 0 Å². The smallest absolute Gasteiger partial charge is 0.338 e. The van der Waals surface area contributed by atoms with Crippen LogP contribution < -0.4 is 9.47 Å². The number of benzene rings is 1. The van der Waals surface area contributed by atoms with Crippen molar-refractivity contribution in [2.45, 2.75) is 52.4 Å². The van der Waals surface area contributed by atoms with Gasteiger partial charge in [0.25, 0.3) is 0 Å². The molecular weight excluding hydrogens is 276 g/mol. The van der Waals surface area contributed by atoms with E-state index in [-0.39, 0.29) is 5.97 Å². The second-order valence-electron chi connectivity index (χ2n) is 6.17. The number of carbonyl (C=O) groups is 1. The summed E-state index contributed by atoms with van der Waals surface area (Å²) in [5.74, 6) is 1.67. The average molecular weight is 302 g/mol. The molecule has 0 aliphatic carbocycles. The van der Waals surface area contributed by atoms with Crippen LogP contribution in [-0.4, -0.2) is 12.6 Å². The fourth-order valence-corrected chi connectivity index (χ4v) is 2.74. The normalized spacial score (nSPS) is 16.5. The maximum atomic E-state index is 11.6. The summed E-state index contributed by atoms with van der Waals surface area (Å²) in [6.07, 6.45) is 7.35. The van der Waals surface area contributed by atoms with Crippen LogP contribution in [0.4, 0.5) is 0 Å². The van der Waals surface area contributed by atoms with E-state index in [1.807, 2.05) is 12.1 Å². The van der Waals surface area contributed by atoms with Crippen LogP contribution in [0.5, 0.6) is 11.5 Å². The monoisotopic (exact) mass is 302 g/mol. The zero-order chi connectivity index (χ0) is 15.9. The molecule has 0 saturated carbocycles. The molecule has 1 aliphatic heterocycles. The number of esters is 1. The summed E-state index contributed by atoms with van der Waals surface area (Å²) in [6, 6.07) is 5.60. The first-order valence-electron chi connectivity index (χ1n) is 8.23. The Morgan fingerprint density at radius 2 is 2.18 bits per heavy atom. The van der Waals surface area contributed by atoms with Crippen molar-refractivity contribution in [3.05, 3.63) is 35.9 Å². The first kappa shape index (κ1) is 16.6. The molecule has 1 aliphatic rings. The first-order valence-corrected chi connectivity index (χ1v) is 8.23. The third-order valence-electron chi connectivity index (χ3n) is 4.04. The molecule has 0 radical (unpaired) electrons. The van der Waals surface area contributed by atoms with Crippen molar-refractivity contribution in [1.82, 2.24) is 0 Å². The van der Waals surface area contributed by atoms with Gasteiger partial charge in [0.05, 0.1) is 6.61 Å². The highest BCUT2D eigenvalue weighted by Gasteiger charge is 2.20. The number of fused-ring (bicyclic) bond motifs is 1. The summed E-state index contributed by atoms with van der Waals surface area (Å²) in [6.45, 7) is 8.27.